The average molecular weight is 311 g/mol. The lowest BCUT2D eigenvalue weighted by molar-refractivity contribution is 0.0872. The monoisotopic (exact) mass is 310 g/mol. The van der Waals surface area contributed by atoms with Crippen LogP contribution in [0.25, 0.3) is 0 Å². The van der Waals surface area contributed by atoms with E-state index in [9.17, 15) is 9.90 Å². The van der Waals surface area contributed by atoms with E-state index in [-0.39, 0.29) is 24.5 Å². The second-order valence-corrected chi connectivity index (χ2v) is 6.11. The van der Waals surface area contributed by atoms with Crippen molar-refractivity contribution in [1.29, 1.82) is 0 Å². The van der Waals surface area contributed by atoms with E-state index in [0.717, 1.165) is 44.2 Å². The van der Waals surface area contributed by atoms with Gasteiger partial charge in [-0.05, 0) is 31.4 Å². The number of hydrogen-bond donors (Lipinski definition) is 2. The number of hydrogen-bond acceptors (Lipinski definition) is 3. The van der Waals surface area contributed by atoms with Crippen molar-refractivity contribution in [3.8, 4) is 0 Å². The zero-order valence-corrected chi connectivity index (χ0v) is 13.2. The van der Waals surface area contributed by atoms with Gasteiger partial charge in [-0.25, -0.2) is 4.98 Å². The Morgan fingerprint density at radius 3 is 2.90 bits per heavy atom. The summed E-state index contributed by atoms with van der Waals surface area (Å²) in [7, 11) is 0. The van der Waals surface area contributed by atoms with Crippen LogP contribution in [-0.4, -0.2) is 28.6 Å². The van der Waals surface area contributed by atoms with E-state index >= 15 is 0 Å². The van der Waals surface area contributed by atoms with Gasteiger partial charge in [0.05, 0.1) is 0 Å². The van der Waals surface area contributed by atoms with Crippen LogP contribution in [0.3, 0.4) is 0 Å². The Morgan fingerprint density at radius 1 is 1.43 bits per heavy atom. The first-order chi connectivity index (χ1) is 10.1. The predicted molar refractivity (Wildman–Crippen MR) is 83.5 cm³/mol. The number of rotatable bonds is 5. The Bertz CT molecular complexity index is 493. The highest BCUT2D eigenvalue weighted by Gasteiger charge is 2.26. The average Bonchev–Trinajstić information content (AvgIpc) is 2.47. The highest BCUT2D eigenvalue weighted by molar-refractivity contribution is 6.29. The molecule has 1 aliphatic rings. The maximum absolute atomic E-state index is 12.4. The lowest BCUT2D eigenvalue weighted by Gasteiger charge is -2.30. The summed E-state index contributed by atoms with van der Waals surface area (Å²) in [6, 6.07) is 3.46. The van der Waals surface area contributed by atoms with E-state index in [1.165, 1.54) is 0 Å². The molecular formula is C16H23ClN2O2. The van der Waals surface area contributed by atoms with Gasteiger partial charge in [-0.1, -0.05) is 37.8 Å². The maximum Gasteiger partial charge on any atom is 0.251 e. The standard InChI is InChI=1S/C16H23ClN2O2/c1-2-5-13-8-12(9-15(17)18-13)16(21)19-14-7-4-3-6-11(14)10-20/h8-9,11,14,20H,2-7,10H2,1H3,(H,19,21). The fourth-order valence-corrected chi connectivity index (χ4v) is 3.16. The van der Waals surface area contributed by atoms with E-state index in [2.05, 4.69) is 17.2 Å². The summed E-state index contributed by atoms with van der Waals surface area (Å²) in [6.45, 7) is 2.19. The van der Waals surface area contributed by atoms with Crippen LogP contribution in [-0.2, 0) is 6.42 Å². The Kier molecular flexibility index (Phi) is 6.00. The van der Waals surface area contributed by atoms with Crippen molar-refractivity contribution in [2.75, 3.05) is 6.61 Å². The highest BCUT2D eigenvalue weighted by Crippen LogP contribution is 2.24. The summed E-state index contributed by atoms with van der Waals surface area (Å²) in [6.07, 6.45) is 5.89. The largest absolute Gasteiger partial charge is 0.396 e. The number of carbonyl (C=O) groups excluding carboxylic acids is 1. The number of halogens is 1. The minimum Gasteiger partial charge on any atom is -0.396 e. The van der Waals surface area contributed by atoms with Crippen LogP contribution in [0.2, 0.25) is 5.15 Å². The summed E-state index contributed by atoms with van der Waals surface area (Å²) in [5.41, 5.74) is 1.40. The molecule has 2 unspecified atom stereocenters. The van der Waals surface area contributed by atoms with Gasteiger partial charge in [0.1, 0.15) is 5.15 Å². The molecule has 0 radical (unpaired) electrons. The van der Waals surface area contributed by atoms with Gasteiger partial charge in [-0.3, -0.25) is 4.79 Å². The summed E-state index contributed by atoms with van der Waals surface area (Å²) in [5, 5.41) is 12.8. The highest BCUT2D eigenvalue weighted by atomic mass is 35.5. The molecule has 2 N–H and O–H groups in total. The summed E-state index contributed by atoms with van der Waals surface area (Å²) < 4.78 is 0. The van der Waals surface area contributed by atoms with Crippen LogP contribution >= 0.6 is 11.6 Å². The zero-order valence-electron chi connectivity index (χ0n) is 12.4. The number of pyridine rings is 1. The van der Waals surface area contributed by atoms with Gasteiger partial charge >= 0.3 is 0 Å². The number of amides is 1. The third-order valence-corrected chi connectivity index (χ3v) is 4.27. The van der Waals surface area contributed by atoms with Gasteiger partial charge < -0.3 is 10.4 Å². The van der Waals surface area contributed by atoms with E-state index in [1.54, 1.807) is 6.07 Å². The zero-order chi connectivity index (χ0) is 15.2. The molecule has 1 amide bonds. The lowest BCUT2D eigenvalue weighted by atomic mass is 9.85. The number of aliphatic hydroxyl groups excluding tert-OH is 1. The minimum atomic E-state index is -0.123. The van der Waals surface area contributed by atoms with Crippen molar-refractivity contribution in [2.45, 2.75) is 51.5 Å². The first-order valence-corrected chi connectivity index (χ1v) is 8.10. The van der Waals surface area contributed by atoms with Crippen LogP contribution < -0.4 is 5.32 Å². The van der Waals surface area contributed by atoms with E-state index in [1.807, 2.05) is 6.07 Å². The van der Waals surface area contributed by atoms with Crippen LogP contribution in [0.15, 0.2) is 12.1 Å². The van der Waals surface area contributed by atoms with Gasteiger partial charge in [0.15, 0.2) is 0 Å². The summed E-state index contributed by atoms with van der Waals surface area (Å²) in [5.74, 6) is 0.0390. The molecule has 4 nitrogen and oxygen atoms in total. The fraction of sp³-hybridized carbons (Fsp3) is 0.625. The Hall–Kier alpha value is -1.13. The summed E-state index contributed by atoms with van der Waals surface area (Å²) in [4.78, 5) is 16.6. The van der Waals surface area contributed by atoms with Gasteiger partial charge in [-0.15, -0.1) is 0 Å². The Balaban J connectivity index is 2.08. The molecule has 1 aromatic rings. The number of nitrogens with one attached hydrogen (secondary N) is 1. The third-order valence-electron chi connectivity index (χ3n) is 4.08. The number of aryl methyl sites for hydroxylation is 1. The molecule has 0 bridgehead atoms. The molecule has 0 aromatic carbocycles. The van der Waals surface area contributed by atoms with E-state index in [4.69, 9.17) is 11.6 Å². The van der Waals surface area contributed by atoms with Crippen LogP contribution in [0.1, 0.15) is 55.1 Å². The van der Waals surface area contributed by atoms with Gasteiger partial charge in [-0.2, -0.15) is 0 Å². The first-order valence-electron chi connectivity index (χ1n) is 7.72. The molecule has 0 spiro atoms. The molecule has 116 valence electrons. The fourth-order valence-electron chi connectivity index (χ4n) is 2.93. The second-order valence-electron chi connectivity index (χ2n) is 5.73. The molecule has 1 aliphatic carbocycles. The predicted octanol–water partition coefficient (Wildman–Crippen LogP) is 2.97. The molecule has 1 saturated carbocycles. The maximum atomic E-state index is 12.4. The number of carbonyl (C=O) groups is 1. The van der Waals surface area contributed by atoms with Gasteiger partial charge in [0.25, 0.3) is 5.91 Å². The molecule has 1 fully saturated rings. The quantitative estimate of drug-likeness (QED) is 0.822. The molecule has 1 aromatic heterocycles. The molecule has 2 atom stereocenters. The van der Waals surface area contributed by atoms with Crippen molar-refractivity contribution in [3.05, 3.63) is 28.5 Å². The lowest BCUT2D eigenvalue weighted by Crippen LogP contribution is -2.43. The van der Waals surface area contributed by atoms with Crippen LogP contribution in [0.5, 0.6) is 0 Å². The van der Waals surface area contributed by atoms with Crippen molar-refractivity contribution in [2.24, 2.45) is 5.92 Å². The molecule has 1 heterocycles. The number of aliphatic hydroxyl groups is 1. The Morgan fingerprint density at radius 2 is 2.19 bits per heavy atom. The first kappa shape index (κ1) is 16.2. The molecule has 0 aliphatic heterocycles. The summed E-state index contributed by atoms with van der Waals surface area (Å²) >= 11 is 6.00. The minimum absolute atomic E-state index is 0.0535. The van der Waals surface area contributed by atoms with E-state index < -0.39 is 0 Å². The molecule has 21 heavy (non-hydrogen) atoms. The van der Waals surface area contributed by atoms with Crippen molar-refractivity contribution in [3.63, 3.8) is 0 Å². The van der Waals surface area contributed by atoms with Gasteiger partial charge in [0, 0.05) is 29.8 Å². The Labute approximate surface area is 130 Å². The smallest absolute Gasteiger partial charge is 0.251 e. The van der Waals surface area contributed by atoms with Crippen molar-refractivity contribution in [1.82, 2.24) is 10.3 Å². The van der Waals surface area contributed by atoms with Crippen LogP contribution in [0.4, 0.5) is 0 Å². The van der Waals surface area contributed by atoms with Crippen molar-refractivity contribution >= 4 is 17.5 Å². The second kappa shape index (κ2) is 7.76. The SMILES string of the molecule is CCCc1cc(C(=O)NC2CCCCC2CO)cc(Cl)n1. The topological polar surface area (TPSA) is 62.2 Å². The van der Waals surface area contributed by atoms with Gasteiger partial charge in [0.2, 0.25) is 0 Å². The third kappa shape index (κ3) is 4.42. The molecule has 0 saturated heterocycles. The molecular weight excluding hydrogens is 288 g/mol. The van der Waals surface area contributed by atoms with Crippen LogP contribution in [0, 0.1) is 5.92 Å². The van der Waals surface area contributed by atoms with E-state index in [0.29, 0.717) is 10.7 Å². The number of nitrogens with zero attached hydrogens (tertiary/aromatic N) is 1. The molecule has 2 rings (SSSR count). The van der Waals surface area contributed by atoms with Crippen molar-refractivity contribution < 1.29 is 9.90 Å². The molecule has 5 heteroatoms. The normalized spacial score (nSPS) is 22.0. The number of aromatic nitrogens is 1.